The number of benzene rings is 2. The maximum absolute atomic E-state index is 13.6. The van der Waals surface area contributed by atoms with Gasteiger partial charge in [-0.1, -0.05) is 48.5 Å². The molecule has 0 saturated heterocycles. The van der Waals surface area contributed by atoms with Crippen molar-refractivity contribution >= 4 is 5.91 Å². The zero-order valence-electron chi connectivity index (χ0n) is 13.2. The first-order valence-electron chi connectivity index (χ1n) is 8.30. The average Bonchev–Trinajstić information content (AvgIpc) is 2.58. The summed E-state index contributed by atoms with van der Waals surface area (Å²) in [5.41, 5.74) is 1.85. The fourth-order valence-corrected chi connectivity index (χ4v) is 3.39. The summed E-state index contributed by atoms with van der Waals surface area (Å²) < 4.78 is 13.6. The Kier molecular flexibility index (Phi) is 5.06. The van der Waals surface area contributed by atoms with Gasteiger partial charge in [0.1, 0.15) is 5.82 Å². The van der Waals surface area contributed by atoms with Gasteiger partial charge in [-0.25, -0.2) is 4.39 Å². The monoisotopic (exact) mass is 311 g/mol. The van der Waals surface area contributed by atoms with Crippen LogP contribution in [0.3, 0.4) is 0 Å². The average molecular weight is 311 g/mol. The van der Waals surface area contributed by atoms with Gasteiger partial charge >= 0.3 is 0 Å². The first-order valence-corrected chi connectivity index (χ1v) is 8.30. The molecule has 3 rings (SSSR count). The molecule has 1 aliphatic carbocycles. The van der Waals surface area contributed by atoms with E-state index >= 15 is 0 Å². The van der Waals surface area contributed by atoms with Crippen molar-refractivity contribution in [2.24, 2.45) is 0 Å². The van der Waals surface area contributed by atoms with Gasteiger partial charge in [0.25, 0.3) is 0 Å². The molecule has 0 aliphatic heterocycles. The van der Waals surface area contributed by atoms with Crippen LogP contribution in [-0.2, 0) is 11.2 Å². The number of halogens is 1. The highest BCUT2D eigenvalue weighted by atomic mass is 19.1. The Hall–Kier alpha value is -2.16. The Morgan fingerprint density at radius 1 is 0.957 bits per heavy atom. The van der Waals surface area contributed by atoms with Crippen molar-refractivity contribution in [3.05, 3.63) is 71.5 Å². The minimum Gasteiger partial charge on any atom is -0.353 e. The lowest BCUT2D eigenvalue weighted by Crippen LogP contribution is -2.38. The van der Waals surface area contributed by atoms with Crippen molar-refractivity contribution in [2.45, 2.75) is 44.1 Å². The van der Waals surface area contributed by atoms with Crippen LogP contribution in [0.5, 0.6) is 0 Å². The molecule has 23 heavy (non-hydrogen) atoms. The number of hydrogen-bond acceptors (Lipinski definition) is 1. The Labute approximate surface area is 136 Å². The van der Waals surface area contributed by atoms with Gasteiger partial charge in [-0.15, -0.1) is 0 Å². The van der Waals surface area contributed by atoms with Crippen LogP contribution in [0.4, 0.5) is 4.39 Å². The summed E-state index contributed by atoms with van der Waals surface area (Å²) in [5, 5.41) is 3.06. The van der Waals surface area contributed by atoms with Crippen LogP contribution in [0, 0.1) is 5.82 Å². The maximum atomic E-state index is 13.6. The van der Waals surface area contributed by atoms with Gasteiger partial charge in [0.2, 0.25) is 5.91 Å². The highest BCUT2D eigenvalue weighted by molar-refractivity contribution is 5.78. The summed E-state index contributed by atoms with van der Waals surface area (Å²) in [7, 11) is 0. The van der Waals surface area contributed by atoms with Crippen LogP contribution in [0.1, 0.15) is 42.7 Å². The zero-order valence-corrected chi connectivity index (χ0v) is 13.2. The van der Waals surface area contributed by atoms with Crippen LogP contribution in [0.15, 0.2) is 54.6 Å². The fourth-order valence-electron chi connectivity index (χ4n) is 3.39. The van der Waals surface area contributed by atoms with Crippen molar-refractivity contribution in [3.63, 3.8) is 0 Å². The molecule has 2 aromatic rings. The first kappa shape index (κ1) is 15.7. The minimum atomic E-state index is -0.310. The van der Waals surface area contributed by atoms with Crippen molar-refractivity contribution in [1.29, 1.82) is 0 Å². The lowest BCUT2D eigenvalue weighted by Gasteiger charge is -2.29. The fraction of sp³-hybridized carbons (Fsp3) is 0.350. The lowest BCUT2D eigenvalue weighted by atomic mass is 9.82. The Balaban J connectivity index is 1.49. The molecule has 1 aliphatic rings. The minimum absolute atomic E-state index is 0.0849. The molecule has 120 valence electrons. The molecule has 0 atom stereocenters. The highest BCUT2D eigenvalue weighted by Gasteiger charge is 2.23. The molecule has 1 N–H and O–H groups in total. The third-order valence-electron chi connectivity index (χ3n) is 4.67. The van der Waals surface area contributed by atoms with E-state index in [4.69, 9.17) is 0 Å². The molecule has 0 unspecified atom stereocenters. The number of carbonyl (C=O) groups is 1. The summed E-state index contributed by atoms with van der Waals surface area (Å²) >= 11 is 0. The Morgan fingerprint density at radius 2 is 1.61 bits per heavy atom. The SMILES string of the molecule is O=C(Cc1ccccc1F)NC1CCC(c2ccccc2)CC1. The van der Waals surface area contributed by atoms with Gasteiger partial charge < -0.3 is 5.32 Å². The van der Waals surface area contributed by atoms with Crippen LogP contribution in [0.2, 0.25) is 0 Å². The first-order chi connectivity index (χ1) is 11.2. The molecule has 1 saturated carbocycles. The standard InChI is InChI=1S/C20H22FNO/c21-19-9-5-4-8-17(19)14-20(23)22-18-12-10-16(11-13-18)15-6-2-1-3-7-15/h1-9,16,18H,10-14H2,(H,22,23). The summed E-state index contributed by atoms with van der Waals surface area (Å²) in [6, 6.07) is 17.2. The Bertz CT molecular complexity index is 648. The lowest BCUT2D eigenvalue weighted by molar-refractivity contribution is -0.121. The second-order valence-electron chi connectivity index (χ2n) is 6.29. The van der Waals surface area contributed by atoms with E-state index in [1.54, 1.807) is 18.2 Å². The van der Waals surface area contributed by atoms with Crippen molar-refractivity contribution < 1.29 is 9.18 Å². The molecule has 1 fully saturated rings. The number of rotatable bonds is 4. The molecule has 0 spiro atoms. The third-order valence-corrected chi connectivity index (χ3v) is 4.67. The van der Waals surface area contributed by atoms with E-state index in [0.29, 0.717) is 11.5 Å². The normalized spacial score (nSPS) is 20.9. The van der Waals surface area contributed by atoms with Crippen molar-refractivity contribution in [1.82, 2.24) is 5.32 Å². The van der Waals surface area contributed by atoms with Gasteiger partial charge in [-0.2, -0.15) is 0 Å². The number of carbonyl (C=O) groups excluding carboxylic acids is 1. The van der Waals surface area contributed by atoms with E-state index in [1.807, 2.05) is 6.07 Å². The molecular weight excluding hydrogens is 289 g/mol. The molecule has 2 aromatic carbocycles. The molecule has 0 bridgehead atoms. The van der Waals surface area contributed by atoms with E-state index < -0.39 is 0 Å². The summed E-state index contributed by atoms with van der Waals surface area (Å²) in [6.07, 6.45) is 4.28. The predicted molar refractivity (Wildman–Crippen MR) is 89.7 cm³/mol. The molecule has 1 amide bonds. The second-order valence-corrected chi connectivity index (χ2v) is 6.29. The molecule has 0 heterocycles. The van der Waals surface area contributed by atoms with E-state index in [-0.39, 0.29) is 24.2 Å². The topological polar surface area (TPSA) is 29.1 Å². The number of nitrogens with one attached hydrogen (secondary N) is 1. The quantitative estimate of drug-likeness (QED) is 0.900. The Morgan fingerprint density at radius 3 is 2.30 bits per heavy atom. The third kappa shape index (κ3) is 4.19. The second kappa shape index (κ2) is 7.40. The van der Waals surface area contributed by atoms with Gasteiger partial charge in [0, 0.05) is 6.04 Å². The summed E-state index contributed by atoms with van der Waals surface area (Å²) in [4.78, 5) is 12.1. The smallest absolute Gasteiger partial charge is 0.224 e. The predicted octanol–water partition coefficient (Wildman–Crippen LogP) is 4.21. The van der Waals surface area contributed by atoms with E-state index in [1.165, 1.54) is 11.6 Å². The molecule has 0 aromatic heterocycles. The zero-order chi connectivity index (χ0) is 16.1. The van der Waals surface area contributed by atoms with Crippen molar-refractivity contribution in [3.8, 4) is 0 Å². The van der Waals surface area contributed by atoms with Gasteiger partial charge in [-0.05, 0) is 48.8 Å². The van der Waals surface area contributed by atoms with Gasteiger partial charge in [-0.3, -0.25) is 4.79 Å². The summed E-state index contributed by atoms with van der Waals surface area (Å²) in [6.45, 7) is 0. The van der Waals surface area contributed by atoms with E-state index in [2.05, 4.69) is 29.6 Å². The van der Waals surface area contributed by atoms with Crippen molar-refractivity contribution in [2.75, 3.05) is 0 Å². The molecular formula is C20H22FNO. The van der Waals surface area contributed by atoms with E-state index in [9.17, 15) is 9.18 Å². The number of hydrogen-bond donors (Lipinski definition) is 1. The van der Waals surface area contributed by atoms with Gasteiger partial charge in [0.05, 0.1) is 6.42 Å². The van der Waals surface area contributed by atoms with Crippen LogP contribution < -0.4 is 5.32 Å². The van der Waals surface area contributed by atoms with Crippen LogP contribution in [0.25, 0.3) is 0 Å². The van der Waals surface area contributed by atoms with Gasteiger partial charge in [0.15, 0.2) is 0 Å². The molecule has 3 heteroatoms. The van der Waals surface area contributed by atoms with Crippen LogP contribution in [-0.4, -0.2) is 11.9 Å². The maximum Gasteiger partial charge on any atom is 0.224 e. The highest BCUT2D eigenvalue weighted by Crippen LogP contribution is 2.32. The van der Waals surface area contributed by atoms with E-state index in [0.717, 1.165) is 25.7 Å². The molecule has 2 nitrogen and oxygen atoms in total. The number of amides is 1. The molecule has 0 radical (unpaired) electrons. The van der Waals surface area contributed by atoms with Crippen LogP contribution >= 0.6 is 0 Å². The largest absolute Gasteiger partial charge is 0.353 e. The summed E-state index contributed by atoms with van der Waals surface area (Å²) in [5.74, 6) is 0.199.